The van der Waals surface area contributed by atoms with Gasteiger partial charge in [0.2, 0.25) is 5.91 Å². The van der Waals surface area contributed by atoms with E-state index in [0.717, 1.165) is 31.6 Å². The van der Waals surface area contributed by atoms with Gasteiger partial charge in [-0.1, -0.05) is 6.42 Å². The molecule has 0 bridgehead atoms. The fraction of sp³-hybridized carbons (Fsp3) is 0.667. The van der Waals surface area contributed by atoms with Gasteiger partial charge in [-0.15, -0.1) is 0 Å². The van der Waals surface area contributed by atoms with E-state index < -0.39 is 0 Å². The highest BCUT2D eigenvalue weighted by Crippen LogP contribution is 2.31. The van der Waals surface area contributed by atoms with Crippen molar-refractivity contribution < 1.29 is 9.53 Å². The Morgan fingerprint density at radius 1 is 1.42 bits per heavy atom. The van der Waals surface area contributed by atoms with Gasteiger partial charge in [0.1, 0.15) is 12.4 Å². The Bertz CT molecular complexity index is 510. The molecule has 0 saturated carbocycles. The third kappa shape index (κ3) is 6.09. The van der Waals surface area contributed by atoms with Crippen LogP contribution in [0, 0.1) is 0 Å². The molecule has 1 atom stereocenters. The van der Waals surface area contributed by atoms with E-state index in [2.05, 4.69) is 28.3 Å². The van der Waals surface area contributed by atoms with Crippen molar-refractivity contribution in [1.29, 1.82) is 0 Å². The monoisotopic (exact) mass is 334 g/mol. The predicted octanol–water partition coefficient (Wildman–Crippen LogP) is 1.86. The van der Waals surface area contributed by atoms with Crippen LogP contribution < -0.4 is 15.8 Å². The lowest BCUT2D eigenvalue weighted by atomic mass is 10.1. The number of carbonyl (C=O) groups is 1. The van der Waals surface area contributed by atoms with E-state index in [9.17, 15) is 4.79 Å². The summed E-state index contributed by atoms with van der Waals surface area (Å²) in [7, 11) is 2.15. The number of hydrogen-bond acceptors (Lipinski definition) is 5. The number of amides is 1. The quantitative estimate of drug-likeness (QED) is 0.639. The molecule has 1 aromatic heterocycles. The van der Waals surface area contributed by atoms with Crippen molar-refractivity contribution in [3.05, 3.63) is 24.0 Å². The molecule has 0 spiro atoms. The maximum Gasteiger partial charge on any atom is 0.220 e. The van der Waals surface area contributed by atoms with Crippen molar-refractivity contribution in [2.45, 2.75) is 44.6 Å². The number of hydrogen-bond donors (Lipinski definition) is 2. The van der Waals surface area contributed by atoms with Gasteiger partial charge < -0.3 is 15.8 Å². The summed E-state index contributed by atoms with van der Waals surface area (Å²) in [5, 5.41) is 2.88. The van der Waals surface area contributed by atoms with Gasteiger partial charge in [0.15, 0.2) is 0 Å². The number of unbranched alkanes of at least 4 members (excludes halogenated alkanes) is 2. The SMILES string of the molecule is CN1CCC[C@H]1c1cncc(OCCNC(=O)CCCCCN)c1. The standard InChI is InChI=1S/C18H30N4O2/c1-22-10-5-6-17(22)15-12-16(14-20-13-15)24-11-9-21-18(23)7-3-2-4-8-19/h12-14,17H,2-11,19H2,1H3,(H,21,23)/t17-/m0/s1. The second-order valence-electron chi connectivity index (χ2n) is 6.39. The fourth-order valence-corrected chi connectivity index (χ4v) is 3.08. The first kappa shape index (κ1) is 18.7. The van der Waals surface area contributed by atoms with Gasteiger partial charge in [0.05, 0.1) is 12.7 Å². The van der Waals surface area contributed by atoms with Crippen LogP contribution in [0.5, 0.6) is 5.75 Å². The summed E-state index contributed by atoms with van der Waals surface area (Å²) in [6.07, 6.45) is 9.49. The first-order valence-corrected chi connectivity index (χ1v) is 8.95. The lowest BCUT2D eigenvalue weighted by Crippen LogP contribution is -2.27. The molecule has 1 fully saturated rings. The van der Waals surface area contributed by atoms with Crippen LogP contribution in [0.3, 0.4) is 0 Å². The van der Waals surface area contributed by atoms with Crippen LogP contribution in [0.25, 0.3) is 0 Å². The molecule has 2 heterocycles. The molecule has 1 aliphatic rings. The zero-order valence-corrected chi connectivity index (χ0v) is 14.7. The second-order valence-corrected chi connectivity index (χ2v) is 6.39. The summed E-state index contributed by atoms with van der Waals surface area (Å²) >= 11 is 0. The topological polar surface area (TPSA) is 80.5 Å². The Labute approximate surface area is 144 Å². The number of nitrogens with zero attached hydrogens (tertiary/aromatic N) is 2. The fourth-order valence-electron chi connectivity index (χ4n) is 3.08. The van der Waals surface area contributed by atoms with E-state index in [1.165, 1.54) is 18.4 Å². The second kappa shape index (κ2) is 10.3. The smallest absolute Gasteiger partial charge is 0.220 e. The van der Waals surface area contributed by atoms with Crippen LogP contribution in [0.4, 0.5) is 0 Å². The number of rotatable bonds is 10. The summed E-state index contributed by atoms with van der Waals surface area (Å²) in [5.74, 6) is 0.847. The Morgan fingerprint density at radius 2 is 2.29 bits per heavy atom. The average molecular weight is 334 g/mol. The number of nitrogens with one attached hydrogen (secondary N) is 1. The highest BCUT2D eigenvalue weighted by Gasteiger charge is 2.22. The Morgan fingerprint density at radius 3 is 3.04 bits per heavy atom. The number of carbonyl (C=O) groups excluding carboxylic acids is 1. The maximum absolute atomic E-state index is 11.7. The lowest BCUT2D eigenvalue weighted by molar-refractivity contribution is -0.121. The largest absolute Gasteiger partial charge is 0.490 e. The van der Waals surface area contributed by atoms with Crippen molar-refractivity contribution in [3.63, 3.8) is 0 Å². The number of likely N-dealkylation sites (tertiary alicyclic amines) is 1. The zero-order chi connectivity index (χ0) is 17.2. The van der Waals surface area contributed by atoms with Gasteiger partial charge in [-0.2, -0.15) is 0 Å². The summed E-state index contributed by atoms with van der Waals surface area (Å²) in [6.45, 7) is 2.80. The summed E-state index contributed by atoms with van der Waals surface area (Å²) in [4.78, 5) is 18.3. The molecule has 1 saturated heterocycles. The minimum atomic E-state index is 0.0788. The van der Waals surface area contributed by atoms with Gasteiger partial charge in [-0.05, 0) is 57.5 Å². The van der Waals surface area contributed by atoms with Crippen LogP contribution in [0.15, 0.2) is 18.5 Å². The molecule has 0 unspecified atom stereocenters. The molecule has 1 aromatic rings. The van der Waals surface area contributed by atoms with Gasteiger partial charge >= 0.3 is 0 Å². The summed E-state index contributed by atoms with van der Waals surface area (Å²) in [5.41, 5.74) is 6.64. The molecule has 2 rings (SSSR count). The first-order valence-electron chi connectivity index (χ1n) is 8.95. The van der Waals surface area contributed by atoms with Crippen molar-refractivity contribution in [2.75, 3.05) is 33.3 Å². The van der Waals surface area contributed by atoms with Crippen LogP contribution in [0.2, 0.25) is 0 Å². The van der Waals surface area contributed by atoms with E-state index in [-0.39, 0.29) is 5.91 Å². The minimum absolute atomic E-state index is 0.0788. The molecule has 3 N–H and O–H groups in total. The minimum Gasteiger partial charge on any atom is -0.490 e. The Kier molecular flexibility index (Phi) is 7.98. The van der Waals surface area contributed by atoms with Crippen LogP contribution >= 0.6 is 0 Å². The van der Waals surface area contributed by atoms with Crippen LogP contribution in [-0.2, 0) is 4.79 Å². The van der Waals surface area contributed by atoms with E-state index in [1.807, 2.05) is 6.20 Å². The normalized spacial score (nSPS) is 17.8. The molecule has 0 aliphatic carbocycles. The number of aromatic nitrogens is 1. The summed E-state index contributed by atoms with van der Waals surface area (Å²) < 4.78 is 5.72. The summed E-state index contributed by atoms with van der Waals surface area (Å²) in [6, 6.07) is 2.50. The highest BCUT2D eigenvalue weighted by atomic mass is 16.5. The average Bonchev–Trinajstić information content (AvgIpc) is 3.02. The number of nitrogens with two attached hydrogens (primary N) is 1. The first-order chi connectivity index (χ1) is 11.7. The van der Waals surface area contributed by atoms with Crippen molar-refractivity contribution >= 4 is 5.91 Å². The van der Waals surface area contributed by atoms with Crippen molar-refractivity contribution in [3.8, 4) is 5.75 Å². The van der Waals surface area contributed by atoms with Crippen molar-refractivity contribution in [2.24, 2.45) is 5.73 Å². The highest BCUT2D eigenvalue weighted by molar-refractivity contribution is 5.75. The molecule has 0 radical (unpaired) electrons. The van der Waals surface area contributed by atoms with E-state index in [0.29, 0.717) is 32.2 Å². The molecule has 134 valence electrons. The predicted molar refractivity (Wildman–Crippen MR) is 94.9 cm³/mol. The van der Waals surface area contributed by atoms with Gasteiger partial charge in [0.25, 0.3) is 0 Å². The third-order valence-electron chi connectivity index (χ3n) is 4.44. The van der Waals surface area contributed by atoms with E-state index in [4.69, 9.17) is 10.5 Å². The lowest BCUT2D eigenvalue weighted by Gasteiger charge is -2.19. The van der Waals surface area contributed by atoms with Gasteiger partial charge in [0, 0.05) is 18.7 Å². The number of ether oxygens (including phenoxy) is 1. The van der Waals surface area contributed by atoms with E-state index >= 15 is 0 Å². The molecular weight excluding hydrogens is 304 g/mol. The molecule has 1 amide bonds. The molecule has 24 heavy (non-hydrogen) atoms. The maximum atomic E-state index is 11.7. The van der Waals surface area contributed by atoms with Gasteiger partial charge in [-0.3, -0.25) is 14.7 Å². The molecule has 6 nitrogen and oxygen atoms in total. The molecule has 6 heteroatoms. The Balaban J connectivity index is 1.66. The van der Waals surface area contributed by atoms with Crippen molar-refractivity contribution in [1.82, 2.24) is 15.2 Å². The van der Waals surface area contributed by atoms with Crippen LogP contribution in [0.1, 0.15) is 50.1 Å². The van der Waals surface area contributed by atoms with E-state index in [1.54, 1.807) is 6.20 Å². The number of pyridine rings is 1. The third-order valence-corrected chi connectivity index (χ3v) is 4.44. The zero-order valence-electron chi connectivity index (χ0n) is 14.7. The molecule has 1 aliphatic heterocycles. The van der Waals surface area contributed by atoms with Crippen LogP contribution in [-0.4, -0.2) is 49.1 Å². The van der Waals surface area contributed by atoms with Gasteiger partial charge in [-0.25, -0.2) is 0 Å². The molecule has 0 aromatic carbocycles. The Hall–Kier alpha value is -1.66. The molecular formula is C18H30N4O2.